The van der Waals surface area contributed by atoms with Crippen molar-refractivity contribution >= 4 is 5.91 Å². The molecule has 0 aromatic heterocycles. The predicted octanol–water partition coefficient (Wildman–Crippen LogP) is 4.53. The zero-order valence-electron chi connectivity index (χ0n) is 15.4. The summed E-state index contributed by atoms with van der Waals surface area (Å²) in [5.74, 6) is 0.0666. The minimum atomic E-state index is 0.0666. The summed E-state index contributed by atoms with van der Waals surface area (Å²) in [7, 11) is 4.01. The van der Waals surface area contributed by atoms with Crippen LogP contribution in [0.4, 0.5) is 0 Å². The summed E-state index contributed by atoms with van der Waals surface area (Å²) in [5.41, 5.74) is 0. The van der Waals surface area contributed by atoms with Crippen LogP contribution < -0.4 is 5.32 Å². The van der Waals surface area contributed by atoms with E-state index >= 15 is 0 Å². The summed E-state index contributed by atoms with van der Waals surface area (Å²) >= 11 is 0. The fourth-order valence-corrected chi connectivity index (χ4v) is 2.54. The van der Waals surface area contributed by atoms with Crippen molar-refractivity contribution in [2.75, 3.05) is 20.6 Å². The first-order valence-corrected chi connectivity index (χ1v) is 9.21. The largest absolute Gasteiger partial charge is 0.350 e. The van der Waals surface area contributed by atoms with Gasteiger partial charge in [0.1, 0.15) is 0 Å². The van der Waals surface area contributed by atoms with Crippen LogP contribution in [0, 0.1) is 0 Å². The lowest BCUT2D eigenvalue weighted by Gasteiger charge is -2.18. The Morgan fingerprint density at radius 3 is 2.09 bits per heavy atom. The molecule has 1 N–H and O–H groups in total. The van der Waals surface area contributed by atoms with E-state index in [4.69, 9.17) is 0 Å². The lowest BCUT2D eigenvalue weighted by atomic mass is 10.0. The first-order valence-electron chi connectivity index (χ1n) is 9.21. The average molecular weight is 311 g/mol. The Bertz CT molecular complexity index is 287. The van der Waals surface area contributed by atoms with Crippen LogP contribution in [-0.4, -0.2) is 37.5 Å². The molecule has 1 atom stereocenters. The number of carbonyl (C=O) groups is 1. The van der Waals surface area contributed by atoms with Crippen molar-refractivity contribution < 1.29 is 4.79 Å². The molecule has 0 heterocycles. The number of likely N-dealkylation sites (N-methyl/N-ethyl adjacent to an activating group) is 1. The van der Waals surface area contributed by atoms with Gasteiger partial charge in [0.25, 0.3) is 0 Å². The highest BCUT2D eigenvalue weighted by molar-refractivity contribution is 5.87. The van der Waals surface area contributed by atoms with Crippen LogP contribution in [0.15, 0.2) is 12.2 Å². The highest BCUT2D eigenvalue weighted by atomic mass is 16.1. The molecular formula is C19H38N2O. The van der Waals surface area contributed by atoms with Crippen LogP contribution in [0.3, 0.4) is 0 Å². The van der Waals surface area contributed by atoms with Crippen molar-refractivity contribution in [2.24, 2.45) is 0 Å². The Morgan fingerprint density at radius 2 is 1.50 bits per heavy atom. The maximum atomic E-state index is 12.0. The van der Waals surface area contributed by atoms with Crippen molar-refractivity contribution in [3.63, 3.8) is 0 Å². The van der Waals surface area contributed by atoms with Crippen LogP contribution >= 0.6 is 0 Å². The van der Waals surface area contributed by atoms with Crippen LogP contribution in [-0.2, 0) is 4.79 Å². The number of nitrogens with one attached hydrogen (secondary N) is 1. The van der Waals surface area contributed by atoms with Gasteiger partial charge in [-0.3, -0.25) is 4.79 Å². The minimum absolute atomic E-state index is 0.0666. The summed E-state index contributed by atoms with van der Waals surface area (Å²) in [6, 6.07) is 0.352. The molecule has 22 heavy (non-hydrogen) atoms. The third kappa shape index (κ3) is 14.1. The number of unbranched alkanes of at least 4 members (excludes halogenated alkanes) is 6. The molecule has 0 saturated heterocycles. The summed E-state index contributed by atoms with van der Waals surface area (Å²) in [6.07, 6.45) is 16.1. The first kappa shape index (κ1) is 21.2. The van der Waals surface area contributed by atoms with E-state index in [2.05, 4.69) is 24.1 Å². The molecule has 0 aliphatic rings. The van der Waals surface area contributed by atoms with E-state index in [1.54, 1.807) is 6.08 Å². The topological polar surface area (TPSA) is 32.3 Å². The Kier molecular flexibility index (Phi) is 14.5. The fraction of sp³-hybridized carbons (Fsp3) is 0.842. The highest BCUT2D eigenvalue weighted by Gasteiger charge is 2.10. The Hall–Kier alpha value is -0.830. The van der Waals surface area contributed by atoms with Crippen LogP contribution in [0.1, 0.15) is 78.1 Å². The molecule has 1 amide bonds. The second-order valence-electron chi connectivity index (χ2n) is 6.57. The van der Waals surface area contributed by atoms with E-state index < -0.39 is 0 Å². The zero-order valence-corrected chi connectivity index (χ0v) is 15.4. The summed E-state index contributed by atoms with van der Waals surface area (Å²) in [5, 5.41) is 3.20. The van der Waals surface area contributed by atoms with Gasteiger partial charge in [0.15, 0.2) is 0 Å². The molecule has 0 saturated carbocycles. The number of rotatable bonds is 14. The molecule has 0 aliphatic carbocycles. The lowest BCUT2D eigenvalue weighted by molar-refractivity contribution is -0.117. The number of carbonyl (C=O) groups excluding carboxylic acids is 1. The molecule has 0 radical (unpaired) electrons. The second kappa shape index (κ2) is 15.1. The third-order valence-corrected chi connectivity index (χ3v) is 3.90. The van der Waals surface area contributed by atoms with Gasteiger partial charge >= 0.3 is 0 Å². The van der Waals surface area contributed by atoms with Crippen molar-refractivity contribution in [1.29, 1.82) is 0 Å². The fourth-order valence-electron chi connectivity index (χ4n) is 2.54. The normalized spacial score (nSPS) is 13.0. The van der Waals surface area contributed by atoms with Crippen LogP contribution in [0.5, 0.6) is 0 Å². The molecule has 0 fully saturated rings. The van der Waals surface area contributed by atoms with Gasteiger partial charge in [-0.1, -0.05) is 71.3 Å². The summed E-state index contributed by atoms with van der Waals surface area (Å²) in [6.45, 7) is 5.28. The van der Waals surface area contributed by atoms with Crippen molar-refractivity contribution in [1.82, 2.24) is 10.2 Å². The van der Waals surface area contributed by atoms with Gasteiger partial charge in [0.05, 0.1) is 0 Å². The third-order valence-electron chi connectivity index (χ3n) is 3.90. The highest BCUT2D eigenvalue weighted by Crippen LogP contribution is 2.12. The van der Waals surface area contributed by atoms with Crippen molar-refractivity contribution in [3.05, 3.63) is 12.2 Å². The molecule has 0 rings (SSSR count). The first-order chi connectivity index (χ1) is 10.6. The maximum Gasteiger partial charge on any atom is 0.243 e. The van der Waals surface area contributed by atoms with Gasteiger partial charge in [0, 0.05) is 18.7 Å². The molecule has 0 aliphatic heterocycles. The smallest absolute Gasteiger partial charge is 0.243 e. The zero-order chi connectivity index (χ0) is 16.6. The van der Waals surface area contributed by atoms with Gasteiger partial charge in [0.2, 0.25) is 5.91 Å². The van der Waals surface area contributed by atoms with Crippen LogP contribution in [0.25, 0.3) is 0 Å². The molecular weight excluding hydrogens is 272 g/mol. The van der Waals surface area contributed by atoms with E-state index in [1.165, 1.54) is 51.4 Å². The number of nitrogens with zero attached hydrogens (tertiary/aromatic N) is 1. The molecule has 130 valence electrons. The minimum Gasteiger partial charge on any atom is -0.350 e. The number of hydrogen-bond acceptors (Lipinski definition) is 2. The van der Waals surface area contributed by atoms with Gasteiger partial charge in [-0.05, 0) is 26.9 Å². The Morgan fingerprint density at radius 1 is 0.955 bits per heavy atom. The van der Waals surface area contributed by atoms with E-state index in [0.29, 0.717) is 6.04 Å². The van der Waals surface area contributed by atoms with Crippen molar-refractivity contribution in [2.45, 2.75) is 84.1 Å². The number of amides is 1. The molecule has 3 heteroatoms. The molecule has 3 nitrogen and oxygen atoms in total. The van der Waals surface area contributed by atoms with Gasteiger partial charge < -0.3 is 10.2 Å². The SMILES string of the molecule is CCCCCCCC(CCCCC)NC(=O)/C=C/CN(C)C. The van der Waals surface area contributed by atoms with E-state index in [9.17, 15) is 4.79 Å². The van der Waals surface area contributed by atoms with Crippen molar-refractivity contribution in [3.8, 4) is 0 Å². The van der Waals surface area contributed by atoms with E-state index in [1.807, 2.05) is 20.2 Å². The van der Waals surface area contributed by atoms with E-state index in [0.717, 1.165) is 19.4 Å². The lowest BCUT2D eigenvalue weighted by Crippen LogP contribution is -2.33. The molecule has 0 aromatic rings. The van der Waals surface area contributed by atoms with Gasteiger partial charge in [-0.15, -0.1) is 0 Å². The molecule has 1 unspecified atom stereocenters. The standard InChI is InChI=1S/C19H38N2O/c1-5-7-9-10-12-15-18(14-11-8-6-2)20-19(22)16-13-17-21(3)4/h13,16,18H,5-12,14-15,17H2,1-4H3,(H,20,22)/b16-13+. The quantitative estimate of drug-likeness (QED) is 0.377. The Labute approximate surface area is 138 Å². The predicted molar refractivity (Wildman–Crippen MR) is 97.1 cm³/mol. The molecule has 0 spiro atoms. The van der Waals surface area contributed by atoms with Crippen LogP contribution in [0.2, 0.25) is 0 Å². The van der Waals surface area contributed by atoms with Gasteiger partial charge in [-0.25, -0.2) is 0 Å². The maximum absolute atomic E-state index is 12.0. The summed E-state index contributed by atoms with van der Waals surface area (Å²) < 4.78 is 0. The van der Waals surface area contributed by atoms with Gasteiger partial charge in [-0.2, -0.15) is 0 Å². The summed E-state index contributed by atoms with van der Waals surface area (Å²) in [4.78, 5) is 14.0. The molecule has 0 bridgehead atoms. The molecule has 0 aromatic carbocycles. The number of hydrogen-bond donors (Lipinski definition) is 1. The average Bonchev–Trinajstić information content (AvgIpc) is 2.46. The Balaban J connectivity index is 4.09. The van der Waals surface area contributed by atoms with E-state index in [-0.39, 0.29) is 5.91 Å². The second-order valence-corrected chi connectivity index (χ2v) is 6.57. The monoisotopic (exact) mass is 310 g/mol.